The molecule has 0 N–H and O–H groups in total. The van der Waals surface area contributed by atoms with Gasteiger partial charge >= 0.3 is 0 Å². The maximum absolute atomic E-state index is 6.21. The van der Waals surface area contributed by atoms with Gasteiger partial charge < -0.3 is 47.4 Å². The van der Waals surface area contributed by atoms with E-state index in [1.165, 1.54) is 0 Å². The van der Waals surface area contributed by atoms with Crippen LogP contribution >= 0.6 is 0 Å². The van der Waals surface area contributed by atoms with Crippen molar-refractivity contribution in [1.29, 1.82) is 0 Å². The predicted molar refractivity (Wildman–Crippen MR) is 349 cm³/mol. The SMILES string of the molecule is c1cc2cc(c1)COCc1cccc(c1)COCc1cccc(c1)COCc1cccc(c1)COCc1cccc(c1)COCc1cccc(c1)COCc1cccc(c1)COCc1cccc(c1)COCc1cccc(c1)COCc1cccc(c1)COC2. The van der Waals surface area contributed by atoms with Gasteiger partial charge in [0.15, 0.2) is 0 Å². The number of ether oxygens (including phenoxy) is 10. The molecule has 0 saturated carbocycles. The highest BCUT2D eigenvalue weighted by atomic mass is 16.5. The van der Waals surface area contributed by atoms with Crippen molar-refractivity contribution in [3.05, 3.63) is 354 Å². The minimum absolute atomic E-state index is 0.500. The zero-order valence-corrected chi connectivity index (χ0v) is 51.3. The van der Waals surface area contributed by atoms with Crippen LogP contribution in [0.1, 0.15) is 111 Å². The van der Waals surface area contributed by atoms with Crippen LogP contribution in [0.2, 0.25) is 0 Å². The van der Waals surface area contributed by atoms with Gasteiger partial charge in [-0.15, -0.1) is 0 Å². The van der Waals surface area contributed by atoms with Crippen LogP contribution in [0, 0.1) is 0 Å². The monoisotopic (exact) mass is 1200 g/mol. The van der Waals surface area contributed by atoms with E-state index < -0.39 is 0 Å². The van der Waals surface area contributed by atoms with Crippen LogP contribution in [0.5, 0.6) is 0 Å². The third kappa shape index (κ3) is 21.5. The number of hydrogen-bond donors (Lipinski definition) is 0. The van der Waals surface area contributed by atoms with E-state index in [9.17, 15) is 0 Å². The highest BCUT2D eigenvalue weighted by Gasteiger charge is 2.09. The first-order valence-corrected chi connectivity index (χ1v) is 31.1. The lowest BCUT2D eigenvalue weighted by atomic mass is 10.1. The molecular formula is C80H80O10. The smallest absolute Gasteiger partial charge is 0.0721 e. The zero-order chi connectivity index (χ0) is 61.0. The first kappa shape index (κ1) is 63.4. The minimum Gasteiger partial charge on any atom is -0.372 e. The molecule has 0 radical (unpaired) electrons. The van der Waals surface area contributed by atoms with Crippen LogP contribution in [-0.4, -0.2) is 0 Å². The van der Waals surface area contributed by atoms with E-state index in [2.05, 4.69) is 243 Å². The summed E-state index contributed by atoms with van der Waals surface area (Å²) >= 11 is 0. The summed E-state index contributed by atoms with van der Waals surface area (Å²) in [7, 11) is 0. The van der Waals surface area contributed by atoms with Crippen molar-refractivity contribution in [3.63, 3.8) is 0 Å². The lowest BCUT2D eigenvalue weighted by Gasteiger charge is -2.11. The van der Waals surface area contributed by atoms with E-state index in [-0.39, 0.29) is 0 Å². The van der Waals surface area contributed by atoms with Gasteiger partial charge in [-0.1, -0.05) is 243 Å². The maximum atomic E-state index is 6.21. The zero-order valence-electron chi connectivity index (χ0n) is 51.3. The van der Waals surface area contributed by atoms with E-state index in [4.69, 9.17) is 47.4 Å². The van der Waals surface area contributed by atoms with Crippen LogP contribution in [0.25, 0.3) is 0 Å². The Bertz CT molecular complexity index is 2810. The second kappa shape index (κ2) is 34.7. The molecule has 0 fully saturated rings. The van der Waals surface area contributed by atoms with Crippen LogP contribution in [0.3, 0.4) is 0 Å². The van der Waals surface area contributed by atoms with Gasteiger partial charge in [0.05, 0.1) is 132 Å². The van der Waals surface area contributed by atoms with Crippen LogP contribution in [0.15, 0.2) is 243 Å². The van der Waals surface area contributed by atoms with E-state index in [1.807, 2.05) is 0 Å². The van der Waals surface area contributed by atoms with Crippen LogP contribution in [0.4, 0.5) is 0 Å². The van der Waals surface area contributed by atoms with Crippen molar-refractivity contribution in [1.82, 2.24) is 0 Å². The van der Waals surface area contributed by atoms with Gasteiger partial charge in [0, 0.05) is 0 Å². The van der Waals surface area contributed by atoms with Gasteiger partial charge in [-0.25, -0.2) is 0 Å². The third-order valence-corrected chi connectivity index (χ3v) is 15.3. The lowest BCUT2D eigenvalue weighted by Crippen LogP contribution is -2.00. The van der Waals surface area contributed by atoms with Crippen LogP contribution in [-0.2, 0) is 180 Å². The van der Waals surface area contributed by atoms with Crippen LogP contribution < -0.4 is 0 Å². The fourth-order valence-electron chi connectivity index (χ4n) is 11.0. The van der Waals surface area contributed by atoms with Gasteiger partial charge in [0.2, 0.25) is 0 Å². The van der Waals surface area contributed by atoms with Crippen molar-refractivity contribution in [2.24, 2.45) is 0 Å². The molecule has 20 bridgehead atoms. The Labute approximate surface area is 530 Å². The summed E-state index contributed by atoms with van der Waals surface area (Å²) < 4.78 is 62.1. The number of hydrogen-bond acceptors (Lipinski definition) is 10. The number of rotatable bonds is 0. The average Bonchev–Trinajstić information content (AvgIpc) is 3.74. The fraction of sp³-hybridized carbons (Fsp3) is 0.250. The summed E-state index contributed by atoms with van der Waals surface area (Å²) in [4.78, 5) is 0. The molecule has 0 atom stereocenters. The lowest BCUT2D eigenvalue weighted by molar-refractivity contribution is 0.0995. The molecule has 0 aliphatic carbocycles. The molecule has 1 aliphatic heterocycles. The summed E-state index contributed by atoms with van der Waals surface area (Å²) in [6.45, 7) is 10.0. The van der Waals surface area contributed by atoms with Crippen molar-refractivity contribution in [3.8, 4) is 0 Å². The van der Waals surface area contributed by atoms with Crippen molar-refractivity contribution >= 4 is 0 Å². The maximum Gasteiger partial charge on any atom is 0.0721 e. The molecule has 0 unspecified atom stereocenters. The number of fused-ring (bicyclic) bond motifs is 20. The third-order valence-electron chi connectivity index (χ3n) is 15.3. The summed E-state index contributed by atoms with van der Waals surface area (Å²) in [5, 5.41) is 0. The molecule has 1 heterocycles. The fourth-order valence-corrected chi connectivity index (χ4v) is 11.0. The largest absolute Gasteiger partial charge is 0.372 e. The molecule has 460 valence electrons. The minimum atomic E-state index is 0.500. The van der Waals surface area contributed by atoms with E-state index in [0.29, 0.717) is 132 Å². The molecule has 1 aliphatic rings. The van der Waals surface area contributed by atoms with Crippen molar-refractivity contribution in [2.75, 3.05) is 0 Å². The molecular weight excluding hydrogens is 1120 g/mol. The summed E-state index contributed by atoms with van der Waals surface area (Å²) in [6.07, 6.45) is 0. The van der Waals surface area contributed by atoms with Gasteiger partial charge in [0.25, 0.3) is 0 Å². The van der Waals surface area contributed by atoms with E-state index in [1.54, 1.807) is 0 Å². The normalized spacial score (nSPS) is 15.6. The van der Waals surface area contributed by atoms with Gasteiger partial charge in [-0.2, -0.15) is 0 Å². The van der Waals surface area contributed by atoms with Gasteiger partial charge in [-0.05, 0) is 111 Å². The Balaban J connectivity index is 0.674. The molecule has 90 heavy (non-hydrogen) atoms. The second-order valence-corrected chi connectivity index (χ2v) is 23.1. The summed E-state index contributed by atoms with van der Waals surface area (Å²) in [6, 6.07) is 84.1. The Morgan fingerprint density at radius 2 is 0.178 bits per heavy atom. The van der Waals surface area contributed by atoms with Gasteiger partial charge in [-0.3, -0.25) is 0 Å². The standard InChI is InChI=1S/C80H80O10/c1-11-61-31-62(12-1)42-82-44-64-14-3-16-66(33-64)46-84-48-68-18-5-20-70(35-68)50-86-52-72-22-7-24-74(37-72)54-88-56-76-26-9-28-78(39-76)58-90-60-80-30-10-29-79(40-80)59-89-57-77-27-8-25-75(38-77)55-87-53-73-23-6-21-71(36-73)51-85-49-69-19-4-17-67(34-69)47-83-45-65-15-2-13-63(32-65)43-81-41-61/h1-40H,41-60H2. The first-order chi connectivity index (χ1) is 44.5. The molecule has 10 heteroatoms. The van der Waals surface area contributed by atoms with Crippen molar-refractivity contribution < 1.29 is 47.4 Å². The second-order valence-electron chi connectivity index (χ2n) is 23.1. The number of benzene rings is 10. The first-order valence-electron chi connectivity index (χ1n) is 31.1. The highest BCUT2D eigenvalue weighted by Crippen LogP contribution is 2.21. The van der Waals surface area contributed by atoms with Crippen molar-refractivity contribution in [2.45, 2.75) is 132 Å². The highest BCUT2D eigenvalue weighted by molar-refractivity contribution is 5.31. The summed E-state index contributed by atoms with van der Waals surface area (Å²) in [5.41, 5.74) is 22.1. The molecule has 10 aromatic rings. The van der Waals surface area contributed by atoms with E-state index >= 15 is 0 Å². The molecule has 10 nitrogen and oxygen atoms in total. The van der Waals surface area contributed by atoms with Gasteiger partial charge in [0.1, 0.15) is 0 Å². The Kier molecular flexibility index (Phi) is 24.4. The Hall–Kier alpha value is -8.20. The van der Waals surface area contributed by atoms with E-state index in [0.717, 1.165) is 111 Å². The predicted octanol–water partition coefficient (Wildman–Crippen LogP) is 17.2. The summed E-state index contributed by atoms with van der Waals surface area (Å²) in [5.74, 6) is 0. The molecule has 11 rings (SSSR count). The quantitative estimate of drug-likeness (QED) is 0.146. The molecule has 0 amide bonds. The Morgan fingerprint density at radius 1 is 0.111 bits per heavy atom. The molecule has 10 aromatic carbocycles. The molecule has 0 saturated heterocycles. The average molecular weight is 1200 g/mol. The molecule has 0 aromatic heterocycles. The molecule has 0 spiro atoms. The Morgan fingerprint density at radius 3 is 0.244 bits per heavy atom. The topological polar surface area (TPSA) is 92.3 Å².